The second kappa shape index (κ2) is 28.5. The first-order valence-corrected chi connectivity index (χ1v) is 31.7. The summed E-state index contributed by atoms with van der Waals surface area (Å²) in [6.07, 6.45) is -3.58. The third kappa shape index (κ3) is 20.7. The number of fused-ring (bicyclic) bond motifs is 2. The highest BCUT2D eigenvalue weighted by Gasteiger charge is 2.52. The number of nitrogens with two attached hydrogens (primary N) is 2. The topological polar surface area (TPSA) is 639 Å². The number of carbonyl (C=O) groups excluding carboxylic acids is 3. The van der Waals surface area contributed by atoms with E-state index in [1.165, 1.54) is 25.5 Å². The molecule has 470 valence electrons. The molecule has 0 saturated carbocycles. The van der Waals surface area contributed by atoms with Crippen LogP contribution in [0.25, 0.3) is 22.3 Å². The van der Waals surface area contributed by atoms with Crippen molar-refractivity contribution in [3.63, 3.8) is 0 Å². The fourth-order valence-corrected chi connectivity index (χ4v) is 11.7. The predicted molar refractivity (Wildman–Crippen MR) is 280 cm³/mol. The summed E-state index contributed by atoms with van der Waals surface area (Å²) in [5, 5.41) is 23.9. The molecule has 48 heteroatoms. The van der Waals surface area contributed by atoms with E-state index in [1.54, 1.807) is 18.6 Å². The Morgan fingerprint density at radius 3 is 1.46 bits per heavy atom. The highest BCUT2D eigenvalue weighted by molar-refractivity contribution is 7.85. The van der Waals surface area contributed by atoms with Gasteiger partial charge in [0.15, 0.2) is 47.0 Å². The standard InChI is InChI=1S/C18H28N6O15P2S.C13H21N7O14P2S.C6H2/c1-7(2)14(26)21-18-20-13-10(16(28)22-18)19-6-24(13)17-12(38-42(34,35)23-15(27)8(3)4)11(25)9(37-17)5-36-41(32,33)39-40(29,30)31;1-4(14)10(22)19-37(29,30)33-8-7(21)5(2-31-36(27,28)34-35(24,25)26)32-12(8)20-3-16-6-9(20)17-13(15)18-11(6)23;1-3-5-6-4-2/h6-9,11-12,17,25H,5H2,1-4H3,(H,23,27)(H,32,33)(H2,29,30,31)(H2,20,21,22,26,28);3-5,7-8,12,21H,2,14H2,1H3,(H,19,22)(H,27,28)(H2,24,25,26)(H3,15,17,18,23);1-2H. The number of imidazole rings is 2. The van der Waals surface area contributed by atoms with Crippen molar-refractivity contribution >= 4 is 104 Å². The number of aliphatic hydroxyl groups is 2. The van der Waals surface area contributed by atoms with Gasteiger partial charge < -0.3 is 60.5 Å². The average molecular weight is 1330 g/mol. The summed E-state index contributed by atoms with van der Waals surface area (Å²) in [5.41, 5.74) is 8.06. The number of ether oxygens (including phenoxy) is 2. The zero-order chi connectivity index (χ0) is 64.5. The number of anilines is 2. The number of aromatic nitrogens is 8. The lowest BCUT2D eigenvalue weighted by atomic mass is 10.1. The van der Waals surface area contributed by atoms with Gasteiger partial charge in [-0.25, -0.2) is 46.0 Å². The molecule has 6 rings (SSSR count). The Balaban J connectivity index is 0.000000334. The molecule has 0 radical (unpaired) electrons. The number of amides is 3. The van der Waals surface area contributed by atoms with Gasteiger partial charge >= 0.3 is 51.9 Å². The van der Waals surface area contributed by atoms with E-state index in [9.17, 15) is 79.1 Å². The van der Waals surface area contributed by atoms with Crippen molar-refractivity contribution in [1.82, 2.24) is 48.5 Å². The molecule has 2 saturated heterocycles. The number of H-pyrrole nitrogens is 2. The fourth-order valence-electron chi connectivity index (χ4n) is 6.45. The molecule has 3 amide bonds. The minimum Gasteiger partial charge on any atom is -0.387 e. The van der Waals surface area contributed by atoms with Gasteiger partial charge in [0.05, 0.1) is 31.9 Å². The van der Waals surface area contributed by atoms with Gasteiger partial charge in [0.1, 0.15) is 24.4 Å². The van der Waals surface area contributed by atoms with E-state index in [0.717, 1.165) is 21.8 Å². The number of phosphoric acid groups is 4. The number of hydrogen-bond acceptors (Lipinski definition) is 29. The van der Waals surface area contributed by atoms with Gasteiger partial charge in [0.25, 0.3) is 17.0 Å². The highest BCUT2D eigenvalue weighted by atomic mass is 32.2. The van der Waals surface area contributed by atoms with Crippen molar-refractivity contribution in [1.29, 1.82) is 0 Å². The Labute approximate surface area is 476 Å². The van der Waals surface area contributed by atoms with Gasteiger partial charge in [0, 0.05) is 11.8 Å². The Kier molecular flexibility index (Phi) is 23.9. The van der Waals surface area contributed by atoms with Crippen molar-refractivity contribution in [2.75, 3.05) is 24.3 Å². The Hall–Kier alpha value is -6.27. The lowest BCUT2D eigenvalue weighted by Gasteiger charge is -2.22. The molecule has 4 aromatic rings. The molecule has 6 heterocycles. The molecule has 0 aromatic carbocycles. The number of aliphatic hydroxyl groups excluding tert-OH is 2. The zero-order valence-electron chi connectivity index (χ0n) is 43.7. The molecule has 42 nitrogen and oxygen atoms in total. The number of nitrogens with one attached hydrogen (secondary N) is 5. The van der Waals surface area contributed by atoms with Gasteiger partial charge in [-0.15, -0.1) is 12.8 Å². The molecule has 2 fully saturated rings. The van der Waals surface area contributed by atoms with Crippen molar-refractivity contribution < 1.29 is 125 Å². The van der Waals surface area contributed by atoms with Gasteiger partial charge in [-0.3, -0.25) is 57.4 Å². The largest absolute Gasteiger partial charge is 0.481 e. The molecule has 0 spiro atoms. The van der Waals surface area contributed by atoms with Crippen LogP contribution in [-0.4, -0.2) is 169 Å². The molecular formula is C37H51N13O29P4S2. The van der Waals surface area contributed by atoms with Crippen molar-refractivity contribution in [2.24, 2.45) is 17.6 Å². The van der Waals surface area contributed by atoms with Crippen LogP contribution < -0.4 is 37.3 Å². The van der Waals surface area contributed by atoms with E-state index in [1.807, 2.05) is 0 Å². The maximum atomic E-state index is 12.6. The Morgan fingerprint density at radius 1 is 0.694 bits per heavy atom. The number of phosphoric ester groups is 2. The summed E-state index contributed by atoms with van der Waals surface area (Å²) < 4.78 is 138. The summed E-state index contributed by atoms with van der Waals surface area (Å²) in [5.74, 6) is 3.94. The van der Waals surface area contributed by atoms with E-state index in [-0.39, 0.29) is 34.2 Å². The van der Waals surface area contributed by atoms with Crippen LogP contribution in [0.5, 0.6) is 0 Å². The van der Waals surface area contributed by atoms with Gasteiger partial charge in [0.2, 0.25) is 23.7 Å². The summed E-state index contributed by atoms with van der Waals surface area (Å²) in [4.78, 5) is 135. The fraction of sp³-hybridized carbons (Fsp3) is 0.486. The van der Waals surface area contributed by atoms with Gasteiger partial charge in [-0.1, -0.05) is 27.7 Å². The van der Waals surface area contributed by atoms with Crippen molar-refractivity contribution in [2.45, 2.75) is 89.7 Å². The van der Waals surface area contributed by atoms with E-state index < -0.39 is 161 Å². The third-order valence-electron chi connectivity index (χ3n) is 10.1. The van der Waals surface area contributed by atoms with Crippen LogP contribution in [0.4, 0.5) is 11.9 Å². The molecule has 4 aromatic heterocycles. The monoisotopic (exact) mass is 1330 g/mol. The highest BCUT2D eigenvalue weighted by Crippen LogP contribution is 2.59. The Bertz CT molecular complexity index is 3840. The normalized spacial score (nSPS) is 22.5. The third-order valence-corrected chi connectivity index (χ3v) is 16.3. The van der Waals surface area contributed by atoms with Crippen LogP contribution in [0.1, 0.15) is 47.1 Å². The minimum atomic E-state index is -5.50. The predicted octanol–water partition coefficient (Wildman–Crippen LogP) is -4.86. The number of nitrogen functional groups attached to an aromatic ring is 1. The molecule has 2 aliphatic heterocycles. The lowest BCUT2D eigenvalue weighted by molar-refractivity contribution is -0.122. The van der Waals surface area contributed by atoms with Crippen LogP contribution >= 0.6 is 31.3 Å². The van der Waals surface area contributed by atoms with Gasteiger partial charge in [-0.2, -0.15) is 35.4 Å². The first-order valence-electron chi connectivity index (χ1n) is 22.8. The summed E-state index contributed by atoms with van der Waals surface area (Å²) in [7, 11) is -31.7. The second-order valence-corrected chi connectivity index (χ2v) is 25.7. The van der Waals surface area contributed by atoms with Crippen LogP contribution in [0.2, 0.25) is 0 Å². The number of rotatable bonds is 22. The van der Waals surface area contributed by atoms with Crippen LogP contribution in [-0.2, 0) is 88.8 Å². The first-order chi connectivity index (χ1) is 39.0. The zero-order valence-corrected chi connectivity index (χ0v) is 48.9. The Morgan fingerprint density at radius 2 is 1.08 bits per heavy atom. The van der Waals surface area contributed by atoms with Crippen LogP contribution in [0.15, 0.2) is 22.2 Å². The number of aromatic amines is 2. The number of hydrogen-bond donors (Lipinski definition) is 15. The lowest BCUT2D eigenvalue weighted by Crippen LogP contribution is -2.45. The van der Waals surface area contributed by atoms with Gasteiger partial charge in [-0.05, 0) is 30.6 Å². The SMILES string of the molecule is C#CC#CC#C.CC(C)C(=O)Nc1nc2c(ncn2C2OC(COP(=O)(O)OP(=O)(O)O)C(O)C2OS(=O)(=O)NC(=O)C(C)C)c(=O)[nH]1.CC(N)C(=O)NS(=O)(=O)OC1C(O)C(COP(=O)(O)OP(=O)(O)O)OC1n1cnc2c(=O)[nH]c(N)nc21. The number of nitrogens with zero attached hydrogens (tertiary/aromatic N) is 6. The second-order valence-electron chi connectivity index (χ2n) is 17.4. The van der Waals surface area contributed by atoms with Crippen molar-refractivity contribution in [3.8, 4) is 36.5 Å². The smallest absolute Gasteiger partial charge is 0.387 e. The van der Waals surface area contributed by atoms with Crippen LogP contribution in [0, 0.1) is 48.4 Å². The molecule has 2 aliphatic rings. The quantitative estimate of drug-likeness (QED) is 0.0259. The first kappa shape index (κ1) is 71.2. The molecule has 85 heavy (non-hydrogen) atoms. The molecular weight excluding hydrogens is 1280 g/mol. The number of terminal acetylenes is 2. The summed E-state index contributed by atoms with van der Waals surface area (Å²) >= 11 is 0. The molecule has 0 bridgehead atoms. The van der Waals surface area contributed by atoms with E-state index >= 15 is 0 Å². The van der Waals surface area contributed by atoms with Crippen LogP contribution in [0.3, 0.4) is 0 Å². The maximum Gasteiger partial charge on any atom is 0.481 e. The van der Waals surface area contributed by atoms with E-state index in [0.29, 0.717) is 0 Å². The minimum absolute atomic E-state index is 0.261. The van der Waals surface area contributed by atoms with E-state index in [2.05, 4.69) is 76.6 Å². The summed E-state index contributed by atoms with van der Waals surface area (Å²) in [6.45, 7) is 4.88. The number of carbonyl (C=O) groups is 3. The maximum absolute atomic E-state index is 12.6. The molecule has 11 atom stereocenters. The molecule has 0 aliphatic carbocycles. The molecule has 11 unspecified atom stereocenters. The summed E-state index contributed by atoms with van der Waals surface area (Å²) in [6, 6.07) is -1.27. The van der Waals surface area contributed by atoms with E-state index in [4.69, 9.17) is 61.7 Å². The average Bonchev–Trinajstić information content (AvgIpc) is 1.72. The van der Waals surface area contributed by atoms with Crippen molar-refractivity contribution in [3.05, 3.63) is 33.4 Å². The molecule has 17 N–H and O–H groups in total.